The number of carbonyl (C=O) groups is 1. The van der Waals surface area contributed by atoms with E-state index in [4.69, 9.17) is 4.74 Å². The van der Waals surface area contributed by atoms with Crippen LogP contribution in [0.15, 0.2) is 23.8 Å². The van der Waals surface area contributed by atoms with Crippen molar-refractivity contribution in [3.8, 4) is 0 Å². The van der Waals surface area contributed by atoms with Crippen LogP contribution in [-0.2, 0) is 9.53 Å². The number of hydrogen-bond donors (Lipinski definition) is 1. The van der Waals surface area contributed by atoms with Gasteiger partial charge in [-0.2, -0.15) is 0 Å². The van der Waals surface area contributed by atoms with Crippen molar-refractivity contribution >= 4 is 5.97 Å². The minimum atomic E-state index is 0.0431. The monoisotopic (exact) mass is 620 g/mol. The van der Waals surface area contributed by atoms with Crippen LogP contribution in [0.4, 0.5) is 0 Å². The molecule has 9 unspecified atom stereocenters. The molecule has 0 amide bonds. The van der Waals surface area contributed by atoms with Gasteiger partial charge in [0.1, 0.15) is 0 Å². The van der Waals surface area contributed by atoms with E-state index in [0.717, 1.165) is 42.4 Å². The predicted octanol–water partition coefficient (Wildman–Crippen LogP) is 10.7. The Balaban J connectivity index is 1.23. The van der Waals surface area contributed by atoms with Gasteiger partial charge in [-0.05, 0) is 174 Å². The Bertz CT molecular complexity index is 1160. The van der Waals surface area contributed by atoms with Crippen LogP contribution in [0.5, 0.6) is 0 Å². The maximum absolute atomic E-state index is 12.4. The number of hydrogen-bond acceptors (Lipinski definition) is 3. The molecule has 6 aliphatic carbocycles. The third-order valence-electron chi connectivity index (χ3n) is 16.5. The molecule has 0 aliphatic heterocycles. The predicted molar refractivity (Wildman–Crippen MR) is 188 cm³/mol. The zero-order valence-electron chi connectivity index (χ0n) is 30.7. The first-order chi connectivity index (χ1) is 21.3. The highest BCUT2D eigenvalue weighted by atomic mass is 16.5. The molecule has 0 radical (unpaired) electrons. The fraction of sp³-hybridized carbons (Fsp3) is 0.881. The van der Waals surface area contributed by atoms with E-state index in [2.05, 4.69) is 66.4 Å². The number of carbonyl (C=O) groups excluding carboxylic acids is 1. The number of ether oxygens (including phenoxy) is 1. The molecule has 0 aromatic carbocycles. The number of rotatable bonds is 8. The van der Waals surface area contributed by atoms with E-state index in [0.29, 0.717) is 34.3 Å². The van der Waals surface area contributed by atoms with Crippen molar-refractivity contribution in [2.45, 2.75) is 157 Å². The van der Waals surface area contributed by atoms with E-state index < -0.39 is 0 Å². The summed E-state index contributed by atoms with van der Waals surface area (Å²) in [5.41, 5.74) is 5.00. The molecule has 0 aromatic heterocycles. The van der Waals surface area contributed by atoms with Gasteiger partial charge in [0.2, 0.25) is 0 Å². The lowest BCUT2D eigenvalue weighted by Crippen LogP contribution is -2.68. The third-order valence-corrected chi connectivity index (χ3v) is 16.5. The lowest BCUT2D eigenvalue weighted by molar-refractivity contribution is -0.221. The van der Waals surface area contributed by atoms with E-state index in [1.807, 2.05) is 6.92 Å². The minimum Gasteiger partial charge on any atom is -0.466 e. The summed E-state index contributed by atoms with van der Waals surface area (Å²) in [5.74, 6) is 4.74. The van der Waals surface area contributed by atoms with Crippen molar-refractivity contribution in [2.75, 3.05) is 13.2 Å². The molecule has 0 heterocycles. The second-order valence-corrected chi connectivity index (χ2v) is 18.6. The highest BCUT2D eigenvalue weighted by Crippen LogP contribution is 2.76. The summed E-state index contributed by atoms with van der Waals surface area (Å²) in [6.07, 6.45) is 22.0. The van der Waals surface area contributed by atoms with Crippen LogP contribution in [0.3, 0.4) is 0 Å². The number of fused-ring (bicyclic) bond motifs is 7. The van der Waals surface area contributed by atoms with E-state index >= 15 is 0 Å². The Morgan fingerprint density at radius 3 is 2.29 bits per heavy atom. The number of esters is 1. The Labute approximate surface area is 277 Å². The molecular weight excluding hydrogens is 550 g/mol. The highest BCUT2D eigenvalue weighted by molar-refractivity contribution is 5.72. The molecule has 9 atom stereocenters. The molecule has 0 aromatic rings. The number of allylic oxidation sites excluding steroid dienone is 3. The van der Waals surface area contributed by atoms with Crippen LogP contribution in [0.2, 0.25) is 0 Å². The summed E-state index contributed by atoms with van der Waals surface area (Å²) in [6, 6.07) is 0. The van der Waals surface area contributed by atoms with Gasteiger partial charge in [0.25, 0.3) is 0 Å². The zero-order chi connectivity index (χ0) is 32.4. The van der Waals surface area contributed by atoms with Crippen molar-refractivity contribution in [3.05, 3.63) is 23.8 Å². The van der Waals surface area contributed by atoms with Gasteiger partial charge in [-0.1, -0.05) is 65.3 Å². The first kappa shape index (κ1) is 33.8. The summed E-state index contributed by atoms with van der Waals surface area (Å²) < 4.78 is 5.36. The topological polar surface area (TPSA) is 38.3 Å². The summed E-state index contributed by atoms with van der Waals surface area (Å²) >= 11 is 0. The Hall–Kier alpha value is -1.09. The average Bonchev–Trinajstić information content (AvgIpc) is 3.38. The molecule has 45 heavy (non-hydrogen) atoms. The van der Waals surface area contributed by atoms with Crippen molar-refractivity contribution < 1.29 is 9.53 Å². The average molecular weight is 620 g/mol. The van der Waals surface area contributed by atoms with Crippen LogP contribution >= 0.6 is 0 Å². The van der Waals surface area contributed by atoms with Gasteiger partial charge >= 0.3 is 5.97 Å². The Morgan fingerprint density at radius 1 is 0.889 bits per heavy atom. The lowest BCUT2D eigenvalue weighted by Gasteiger charge is -2.72. The van der Waals surface area contributed by atoms with E-state index in [1.54, 1.807) is 5.57 Å². The molecule has 3 heteroatoms. The summed E-state index contributed by atoms with van der Waals surface area (Å²) in [6.45, 7) is 26.4. The molecule has 5 saturated carbocycles. The lowest BCUT2D eigenvalue weighted by atomic mass is 9.33. The van der Waals surface area contributed by atoms with Gasteiger partial charge in [-0.25, -0.2) is 0 Å². The first-order valence-corrected chi connectivity index (χ1v) is 19.5. The van der Waals surface area contributed by atoms with Crippen LogP contribution < -0.4 is 5.32 Å². The van der Waals surface area contributed by atoms with E-state index in [1.165, 1.54) is 95.6 Å². The first-order valence-electron chi connectivity index (χ1n) is 19.5. The normalized spacial score (nSPS) is 47.0. The second-order valence-electron chi connectivity index (χ2n) is 18.6. The highest BCUT2D eigenvalue weighted by Gasteiger charge is 2.70. The fourth-order valence-electron chi connectivity index (χ4n) is 14.0. The molecule has 3 nitrogen and oxygen atoms in total. The van der Waals surface area contributed by atoms with Crippen LogP contribution in [0, 0.1) is 63.1 Å². The van der Waals surface area contributed by atoms with Gasteiger partial charge in [0.05, 0.1) is 12.5 Å². The van der Waals surface area contributed by atoms with Crippen molar-refractivity contribution in [1.29, 1.82) is 0 Å². The summed E-state index contributed by atoms with van der Waals surface area (Å²) in [4.78, 5) is 12.4. The van der Waals surface area contributed by atoms with Gasteiger partial charge in [0, 0.05) is 5.54 Å². The second kappa shape index (κ2) is 12.1. The number of nitrogens with one attached hydrogen (secondary N) is 1. The zero-order valence-corrected chi connectivity index (χ0v) is 30.7. The minimum absolute atomic E-state index is 0.0431. The fourth-order valence-corrected chi connectivity index (χ4v) is 14.0. The van der Waals surface area contributed by atoms with Crippen LogP contribution in [-0.4, -0.2) is 24.7 Å². The van der Waals surface area contributed by atoms with E-state index in [9.17, 15) is 4.79 Å². The molecule has 0 saturated heterocycles. The van der Waals surface area contributed by atoms with Gasteiger partial charge in [0.15, 0.2) is 0 Å². The van der Waals surface area contributed by atoms with Gasteiger partial charge in [-0.15, -0.1) is 0 Å². The van der Waals surface area contributed by atoms with Crippen LogP contribution in [0.25, 0.3) is 0 Å². The molecule has 6 aliphatic rings. The standard InChI is InChI=1S/C42H69NO2/c1-10-26-43-42-23-19-32(28(3)4)36(42)33-16-17-35-39(7)21-18-31(27-29-12-14-30(15-13-29)37(44)45-11-2)38(5,6)34(39)20-22-41(35,9)40(33,8)24-25-42/h18,29-30,32-36,43H,3,10-17,19-27H2,1-2,4-9H3. The van der Waals surface area contributed by atoms with Gasteiger partial charge < -0.3 is 10.1 Å². The quantitative estimate of drug-likeness (QED) is 0.217. The molecule has 254 valence electrons. The Morgan fingerprint density at radius 2 is 1.62 bits per heavy atom. The Kier molecular flexibility index (Phi) is 9.09. The maximum atomic E-state index is 12.4. The molecule has 0 spiro atoms. The van der Waals surface area contributed by atoms with Crippen molar-refractivity contribution in [3.63, 3.8) is 0 Å². The summed E-state index contributed by atoms with van der Waals surface area (Å²) in [5, 5.41) is 4.21. The maximum Gasteiger partial charge on any atom is 0.308 e. The molecular formula is C42H69NO2. The molecule has 0 bridgehead atoms. The van der Waals surface area contributed by atoms with Crippen molar-refractivity contribution in [2.24, 2.45) is 63.1 Å². The van der Waals surface area contributed by atoms with Crippen LogP contribution in [0.1, 0.15) is 152 Å². The largest absolute Gasteiger partial charge is 0.466 e. The smallest absolute Gasteiger partial charge is 0.308 e. The third kappa shape index (κ3) is 5.17. The van der Waals surface area contributed by atoms with Gasteiger partial charge in [-0.3, -0.25) is 4.79 Å². The molecule has 6 rings (SSSR count). The molecule has 1 N–H and O–H groups in total. The van der Waals surface area contributed by atoms with Crippen molar-refractivity contribution in [1.82, 2.24) is 5.32 Å². The molecule has 5 fully saturated rings. The summed E-state index contributed by atoms with van der Waals surface area (Å²) in [7, 11) is 0. The van der Waals surface area contributed by atoms with E-state index in [-0.39, 0.29) is 17.3 Å². The SMILES string of the molecule is C=C(C)C1CCC2(NCCC)CCC3(C)C(CCC4C5(C)CC=C(CC6CCC(C(=O)OCC)CC6)C(C)(C)C5CCC43C)C12.